The molecule has 98 valence electrons. The summed E-state index contributed by atoms with van der Waals surface area (Å²) in [5.74, 6) is 0. The lowest BCUT2D eigenvalue weighted by molar-refractivity contribution is 0.418. The van der Waals surface area contributed by atoms with Crippen molar-refractivity contribution in [2.75, 3.05) is 25.9 Å². The molecule has 0 amide bonds. The van der Waals surface area contributed by atoms with Crippen molar-refractivity contribution < 1.29 is 8.42 Å². The molecule has 0 aromatic rings. The van der Waals surface area contributed by atoms with E-state index in [4.69, 9.17) is 0 Å². The van der Waals surface area contributed by atoms with E-state index in [9.17, 15) is 8.42 Å². The van der Waals surface area contributed by atoms with Gasteiger partial charge in [0.15, 0.2) is 9.84 Å². The number of hydrogen-bond donors (Lipinski definition) is 2. The van der Waals surface area contributed by atoms with Gasteiger partial charge in [0.1, 0.15) is 0 Å². The van der Waals surface area contributed by atoms with Gasteiger partial charge in [0.05, 0.1) is 5.25 Å². The van der Waals surface area contributed by atoms with Crippen molar-refractivity contribution in [2.45, 2.75) is 44.9 Å². The lowest BCUT2D eigenvalue weighted by Crippen LogP contribution is -2.38. The van der Waals surface area contributed by atoms with Gasteiger partial charge in [0.2, 0.25) is 0 Å². The van der Waals surface area contributed by atoms with Crippen molar-refractivity contribution in [3.8, 4) is 0 Å². The Bertz CT molecular complexity index is 281. The molecule has 1 unspecified atom stereocenters. The third-order valence-corrected chi connectivity index (χ3v) is 3.98. The molecule has 0 rings (SSSR count). The van der Waals surface area contributed by atoms with Crippen molar-refractivity contribution >= 4 is 9.84 Å². The zero-order valence-electron chi connectivity index (χ0n) is 11.1. The highest BCUT2D eigenvalue weighted by molar-refractivity contribution is 7.91. The first-order valence-electron chi connectivity index (χ1n) is 5.77. The van der Waals surface area contributed by atoms with Gasteiger partial charge in [-0.1, -0.05) is 0 Å². The standard InChI is InChI=1S/C11H26N2O2S/c1-10(16(5,14)15)9-12-7-6-8-13-11(2,3)4/h10,12-13H,6-9H2,1-5H3. The average molecular weight is 250 g/mol. The molecule has 0 aromatic heterocycles. The molecule has 0 saturated carbocycles. The Morgan fingerprint density at radius 3 is 2.19 bits per heavy atom. The minimum absolute atomic E-state index is 0.153. The fraction of sp³-hybridized carbons (Fsp3) is 1.00. The van der Waals surface area contributed by atoms with E-state index in [0.717, 1.165) is 19.5 Å². The maximum absolute atomic E-state index is 11.1. The summed E-state index contributed by atoms with van der Waals surface area (Å²) in [6.07, 6.45) is 2.29. The molecule has 2 N–H and O–H groups in total. The van der Waals surface area contributed by atoms with Gasteiger partial charge in [-0.2, -0.15) is 0 Å². The van der Waals surface area contributed by atoms with Crippen LogP contribution in [0.25, 0.3) is 0 Å². The summed E-state index contributed by atoms with van der Waals surface area (Å²) >= 11 is 0. The third kappa shape index (κ3) is 9.12. The van der Waals surface area contributed by atoms with Crippen LogP contribution in [0.1, 0.15) is 34.1 Å². The van der Waals surface area contributed by atoms with Crippen LogP contribution < -0.4 is 10.6 Å². The van der Waals surface area contributed by atoms with Crippen molar-refractivity contribution in [3.05, 3.63) is 0 Å². The first-order chi connectivity index (χ1) is 7.13. The van der Waals surface area contributed by atoms with E-state index < -0.39 is 9.84 Å². The SMILES string of the molecule is CC(CNCCCNC(C)(C)C)S(C)(=O)=O. The number of nitrogens with one attached hydrogen (secondary N) is 2. The van der Waals surface area contributed by atoms with Crippen LogP contribution in [0, 0.1) is 0 Å². The molecule has 0 aliphatic carbocycles. The highest BCUT2D eigenvalue weighted by Gasteiger charge is 2.13. The molecule has 16 heavy (non-hydrogen) atoms. The Hall–Kier alpha value is -0.130. The van der Waals surface area contributed by atoms with Gasteiger partial charge in [0, 0.05) is 18.3 Å². The van der Waals surface area contributed by atoms with E-state index in [0.29, 0.717) is 6.54 Å². The molecule has 1 atom stereocenters. The van der Waals surface area contributed by atoms with Crippen LogP contribution >= 0.6 is 0 Å². The Morgan fingerprint density at radius 1 is 1.19 bits per heavy atom. The molecule has 0 radical (unpaired) electrons. The molecular formula is C11H26N2O2S. The van der Waals surface area contributed by atoms with Crippen LogP contribution in [0.5, 0.6) is 0 Å². The van der Waals surface area contributed by atoms with Crippen LogP contribution in [0.4, 0.5) is 0 Å². The molecule has 0 aromatic carbocycles. The van der Waals surface area contributed by atoms with Crippen LogP contribution in [0.3, 0.4) is 0 Å². The highest BCUT2D eigenvalue weighted by atomic mass is 32.2. The molecule has 4 nitrogen and oxygen atoms in total. The quantitative estimate of drug-likeness (QED) is 0.656. The summed E-state index contributed by atoms with van der Waals surface area (Å²) in [7, 11) is -2.90. The summed E-state index contributed by atoms with van der Waals surface area (Å²) in [4.78, 5) is 0. The smallest absolute Gasteiger partial charge is 0.151 e. The highest BCUT2D eigenvalue weighted by Crippen LogP contribution is 1.98. The lowest BCUT2D eigenvalue weighted by Gasteiger charge is -2.20. The fourth-order valence-corrected chi connectivity index (χ4v) is 1.55. The fourth-order valence-electron chi connectivity index (χ4n) is 1.13. The molecule has 0 heterocycles. The largest absolute Gasteiger partial charge is 0.315 e. The maximum Gasteiger partial charge on any atom is 0.151 e. The van der Waals surface area contributed by atoms with E-state index in [1.54, 1.807) is 6.92 Å². The van der Waals surface area contributed by atoms with Gasteiger partial charge in [-0.05, 0) is 47.2 Å². The van der Waals surface area contributed by atoms with E-state index in [1.165, 1.54) is 6.26 Å². The molecule has 5 heteroatoms. The van der Waals surface area contributed by atoms with E-state index in [2.05, 4.69) is 31.4 Å². The zero-order chi connectivity index (χ0) is 12.8. The van der Waals surface area contributed by atoms with Crippen molar-refractivity contribution in [1.82, 2.24) is 10.6 Å². The second kappa shape index (κ2) is 6.57. The average Bonchev–Trinajstić information content (AvgIpc) is 2.07. The second-order valence-electron chi connectivity index (χ2n) is 5.37. The van der Waals surface area contributed by atoms with Gasteiger partial charge in [-0.15, -0.1) is 0 Å². The topological polar surface area (TPSA) is 58.2 Å². The van der Waals surface area contributed by atoms with E-state index in [1.807, 2.05) is 0 Å². The first kappa shape index (κ1) is 15.9. The Balaban J connectivity index is 3.49. The van der Waals surface area contributed by atoms with Crippen molar-refractivity contribution in [2.24, 2.45) is 0 Å². The summed E-state index contributed by atoms with van der Waals surface area (Å²) in [6, 6.07) is 0. The van der Waals surface area contributed by atoms with Crippen molar-refractivity contribution in [3.63, 3.8) is 0 Å². The third-order valence-electron chi connectivity index (χ3n) is 2.35. The number of rotatable bonds is 7. The molecule has 0 aliphatic rings. The molecule has 0 fully saturated rings. The minimum atomic E-state index is -2.90. The maximum atomic E-state index is 11.1. The van der Waals surface area contributed by atoms with Gasteiger partial charge in [-0.3, -0.25) is 0 Å². The summed E-state index contributed by atoms with van der Waals surface area (Å²) in [5, 5.41) is 6.24. The molecular weight excluding hydrogens is 224 g/mol. The monoisotopic (exact) mass is 250 g/mol. The molecule has 0 saturated heterocycles. The predicted octanol–water partition coefficient (Wildman–Crippen LogP) is 0.787. The van der Waals surface area contributed by atoms with Crippen LogP contribution in [-0.4, -0.2) is 45.1 Å². The van der Waals surface area contributed by atoms with Crippen LogP contribution in [0.2, 0.25) is 0 Å². The second-order valence-corrected chi connectivity index (χ2v) is 7.84. The van der Waals surface area contributed by atoms with E-state index in [-0.39, 0.29) is 10.8 Å². The van der Waals surface area contributed by atoms with Gasteiger partial charge in [-0.25, -0.2) is 8.42 Å². The Labute approximate surface area is 100 Å². The summed E-state index contributed by atoms with van der Waals surface area (Å²) < 4.78 is 22.3. The van der Waals surface area contributed by atoms with Gasteiger partial charge in [0.25, 0.3) is 0 Å². The van der Waals surface area contributed by atoms with E-state index >= 15 is 0 Å². The van der Waals surface area contributed by atoms with Crippen molar-refractivity contribution in [1.29, 1.82) is 0 Å². The predicted molar refractivity (Wildman–Crippen MR) is 69.5 cm³/mol. The summed E-state index contributed by atoms with van der Waals surface area (Å²) in [6.45, 7) is 10.5. The summed E-state index contributed by atoms with van der Waals surface area (Å²) in [5.41, 5.74) is 0.153. The number of hydrogen-bond acceptors (Lipinski definition) is 4. The van der Waals surface area contributed by atoms with Gasteiger partial charge >= 0.3 is 0 Å². The Morgan fingerprint density at radius 2 is 1.75 bits per heavy atom. The van der Waals surface area contributed by atoms with Crippen LogP contribution in [0.15, 0.2) is 0 Å². The normalized spacial score (nSPS) is 15.1. The minimum Gasteiger partial charge on any atom is -0.315 e. The zero-order valence-corrected chi connectivity index (χ0v) is 11.9. The molecule has 0 bridgehead atoms. The molecule has 0 aliphatic heterocycles. The first-order valence-corrected chi connectivity index (χ1v) is 7.73. The number of sulfone groups is 1. The van der Waals surface area contributed by atoms with Crippen LogP contribution in [-0.2, 0) is 9.84 Å². The Kier molecular flexibility index (Phi) is 6.51. The van der Waals surface area contributed by atoms with Gasteiger partial charge < -0.3 is 10.6 Å². The molecule has 0 spiro atoms. The lowest BCUT2D eigenvalue weighted by atomic mass is 10.1.